The number of para-hydroxylation sites is 2. The Labute approximate surface area is 220 Å². The first-order chi connectivity index (χ1) is 17.2. The first kappa shape index (κ1) is 25.9. The number of halogens is 1. The van der Waals surface area contributed by atoms with Gasteiger partial charge in [-0.15, -0.1) is 0 Å². The summed E-state index contributed by atoms with van der Waals surface area (Å²) in [5, 5.41) is 6.49. The van der Waals surface area contributed by atoms with Crippen molar-refractivity contribution >= 4 is 62.3 Å². The van der Waals surface area contributed by atoms with Crippen LogP contribution in [0.25, 0.3) is 17.4 Å². The molecule has 1 saturated heterocycles. The van der Waals surface area contributed by atoms with Gasteiger partial charge in [-0.05, 0) is 66.8 Å². The van der Waals surface area contributed by atoms with Gasteiger partial charge in [-0.3, -0.25) is 10.1 Å². The maximum Gasteiger partial charge on any atom is 0.250 e. The number of benzene rings is 2. The topological polar surface area (TPSA) is 94.9 Å². The van der Waals surface area contributed by atoms with Crippen LogP contribution in [0.2, 0.25) is 5.02 Å². The number of piperazine rings is 1. The smallest absolute Gasteiger partial charge is 0.250 e. The Balaban J connectivity index is 1.33. The van der Waals surface area contributed by atoms with Crippen LogP contribution in [-0.2, 0) is 14.8 Å². The lowest BCUT2D eigenvalue weighted by atomic mass is 10.2. The fourth-order valence-electron chi connectivity index (χ4n) is 3.79. The van der Waals surface area contributed by atoms with Gasteiger partial charge in [0.05, 0.1) is 17.6 Å². The number of rotatable bonds is 6. The van der Waals surface area contributed by atoms with E-state index in [1.54, 1.807) is 24.3 Å². The molecule has 0 unspecified atom stereocenters. The Morgan fingerprint density at radius 3 is 2.42 bits per heavy atom. The number of carbonyl (C=O) groups is 1. The van der Waals surface area contributed by atoms with Gasteiger partial charge in [0.1, 0.15) is 11.5 Å². The second kappa shape index (κ2) is 11.3. The van der Waals surface area contributed by atoms with Crippen LogP contribution in [0.4, 0.5) is 11.4 Å². The van der Waals surface area contributed by atoms with E-state index in [4.69, 9.17) is 28.2 Å². The summed E-state index contributed by atoms with van der Waals surface area (Å²) in [7, 11) is -3.21. The number of thiocarbonyl (C=S) groups is 1. The highest BCUT2D eigenvalue weighted by Gasteiger charge is 2.24. The van der Waals surface area contributed by atoms with Gasteiger partial charge in [-0.1, -0.05) is 23.7 Å². The maximum absolute atomic E-state index is 12.4. The summed E-state index contributed by atoms with van der Waals surface area (Å²) in [6, 6.07) is 18.4. The molecule has 0 bridgehead atoms. The molecule has 2 N–H and O–H groups in total. The third-order valence-corrected chi connectivity index (χ3v) is 7.35. The van der Waals surface area contributed by atoms with E-state index in [9.17, 15) is 13.2 Å². The lowest BCUT2D eigenvalue weighted by molar-refractivity contribution is -0.115. The molecule has 3 aromatic rings. The standard InChI is InChI=1S/C25H25ClN4O4S2/c1-36(32,33)30-16-14-29(15-17-30)22-5-3-2-4-21(22)27-25(35)28-24(31)13-11-20-10-12-23(34-20)18-6-8-19(26)9-7-18/h2-13H,14-17H2,1H3,(H2,27,28,31,35). The molecule has 0 radical (unpaired) electrons. The summed E-state index contributed by atoms with van der Waals surface area (Å²) in [5.41, 5.74) is 2.48. The van der Waals surface area contributed by atoms with Crippen LogP contribution >= 0.6 is 23.8 Å². The summed E-state index contributed by atoms with van der Waals surface area (Å²) in [6.45, 7) is 1.92. The van der Waals surface area contributed by atoms with Crippen LogP contribution in [0.5, 0.6) is 0 Å². The lowest BCUT2D eigenvalue weighted by Gasteiger charge is -2.35. The molecule has 2 aromatic carbocycles. The molecule has 8 nitrogen and oxygen atoms in total. The zero-order chi connectivity index (χ0) is 25.7. The first-order valence-electron chi connectivity index (χ1n) is 11.1. The number of hydrogen-bond acceptors (Lipinski definition) is 6. The molecule has 1 aliphatic heterocycles. The van der Waals surface area contributed by atoms with E-state index in [2.05, 4.69) is 15.5 Å². The molecule has 1 amide bonds. The molecule has 11 heteroatoms. The van der Waals surface area contributed by atoms with Crippen molar-refractivity contribution in [2.75, 3.05) is 42.7 Å². The quantitative estimate of drug-likeness (QED) is 0.354. The van der Waals surface area contributed by atoms with Crippen molar-refractivity contribution in [2.45, 2.75) is 0 Å². The largest absolute Gasteiger partial charge is 0.457 e. The maximum atomic E-state index is 12.4. The summed E-state index contributed by atoms with van der Waals surface area (Å²) in [6.07, 6.45) is 4.12. The van der Waals surface area contributed by atoms with Gasteiger partial charge in [0, 0.05) is 42.8 Å². The molecular formula is C25H25ClN4O4S2. The summed E-state index contributed by atoms with van der Waals surface area (Å²) >= 11 is 11.3. The van der Waals surface area contributed by atoms with Crippen LogP contribution in [-0.4, -0.2) is 56.2 Å². The molecule has 1 fully saturated rings. The zero-order valence-electron chi connectivity index (χ0n) is 19.5. The number of furan rings is 1. The highest BCUT2D eigenvalue weighted by molar-refractivity contribution is 7.88. The van der Waals surface area contributed by atoms with Crippen LogP contribution < -0.4 is 15.5 Å². The van der Waals surface area contributed by atoms with E-state index in [1.807, 2.05) is 42.5 Å². The zero-order valence-corrected chi connectivity index (χ0v) is 21.9. The Hall–Kier alpha value is -3.18. The highest BCUT2D eigenvalue weighted by Crippen LogP contribution is 2.27. The number of nitrogens with one attached hydrogen (secondary N) is 2. The van der Waals surface area contributed by atoms with Crippen molar-refractivity contribution < 1.29 is 17.6 Å². The SMILES string of the molecule is CS(=O)(=O)N1CCN(c2ccccc2NC(=S)NC(=O)C=Cc2ccc(-c3ccc(Cl)cc3)o2)CC1. The molecule has 36 heavy (non-hydrogen) atoms. The second-order valence-corrected chi connectivity index (χ2v) is 11.0. The summed E-state index contributed by atoms with van der Waals surface area (Å²) < 4.78 is 30.8. The van der Waals surface area contributed by atoms with Gasteiger partial charge in [-0.25, -0.2) is 8.42 Å². The predicted octanol–water partition coefficient (Wildman–Crippen LogP) is 4.21. The minimum Gasteiger partial charge on any atom is -0.457 e. The van der Waals surface area contributed by atoms with E-state index in [0.717, 1.165) is 16.9 Å². The Bertz CT molecular complexity index is 1380. The Morgan fingerprint density at radius 2 is 1.72 bits per heavy atom. The van der Waals surface area contributed by atoms with Gasteiger partial charge in [-0.2, -0.15) is 4.31 Å². The number of amides is 1. The fraction of sp³-hybridized carbons (Fsp3) is 0.200. The van der Waals surface area contributed by atoms with Crippen LogP contribution in [0.1, 0.15) is 5.76 Å². The molecule has 4 rings (SSSR count). The van der Waals surface area contributed by atoms with Crippen LogP contribution in [0.3, 0.4) is 0 Å². The fourth-order valence-corrected chi connectivity index (χ4v) is 4.96. The van der Waals surface area contributed by atoms with Crippen LogP contribution in [0, 0.1) is 0 Å². The van der Waals surface area contributed by atoms with Gasteiger partial charge in [0.2, 0.25) is 15.9 Å². The number of nitrogens with zero attached hydrogens (tertiary/aromatic N) is 2. The Morgan fingerprint density at radius 1 is 1.03 bits per heavy atom. The molecule has 0 atom stereocenters. The summed E-state index contributed by atoms with van der Waals surface area (Å²) in [4.78, 5) is 14.5. The third-order valence-electron chi connectivity index (χ3n) is 5.59. The predicted molar refractivity (Wildman–Crippen MR) is 148 cm³/mol. The molecule has 1 aliphatic rings. The second-order valence-electron chi connectivity index (χ2n) is 8.15. The highest BCUT2D eigenvalue weighted by atomic mass is 35.5. The van der Waals surface area contributed by atoms with Gasteiger partial charge in [0.15, 0.2) is 5.11 Å². The van der Waals surface area contributed by atoms with E-state index in [-0.39, 0.29) is 5.11 Å². The van der Waals surface area contributed by atoms with Crippen molar-refractivity contribution in [1.82, 2.24) is 9.62 Å². The summed E-state index contributed by atoms with van der Waals surface area (Å²) in [5.74, 6) is 0.779. The molecule has 0 spiro atoms. The average Bonchev–Trinajstić information content (AvgIpc) is 3.32. The molecule has 1 aromatic heterocycles. The van der Waals surface area contributed by atoms with Crippen molar-refractivity contribution in [3.63, 3.8) is 0 Å². The Kier molecular flexibility index (Phi) is 8.10. The number of sulfonamides is 1. The van der Waals surface area contributed by atoms with Crippen LogP contribution in [0.15, 0.2) is 71.2 Å². The van der Waals surface area contributed by atoms with E-state index in [0.29, 0.717) is 42.7 Å². The number of anilines is 2. The third kappa shape index (κ3) is 6.73. The normalized spacial score (nSPS) is 14.7. The van der Waals surface area contributed by atoms with E-state index >= 15 is 0 Å². The van der Waals surface area contributed by atoms with Crippen molar-refractivity contribution in [2.24, 2.45) is 0 Å². The molecule has 2 heterocycles. The minimum absolute atomic E-state index is 0.146. The monoisotopic (exact) mass is 544 g/mol. The lowest BCUT2D eigenvalue weighted by Crippen LogP contribution is -2.48. The molecule has 0 saturated carbocycles. The minimum atomic E-state index is -3.21. The first-order valence-corrected chi connectivity index (χ1v) is 13.8. The van der Waals surface area contributed by atoms with Crippen molar-refractivity contribution in [3.8, 4) is 11.3 Å². The van der Waals surface area contributed by atoms with Gasteiger partial charge in [0.25, 0.3) is 0 Å². The number of carbonyl (C=O) groups excluding carboxylic acids is 1. The molecular weight excluding hydrogens is 520 g/mol. The van der Waals surface area contributed by atoms with Gasteiger partial charge < -0.3 is 14.6 Å². The van der Waals surface area contributed by atoms with E-state index < -0.39 is 15.9 Å². The average molecular weight is 545 g/mol. The van der Waals surface area contributed by atoms with E-state index in [1.165, 1.54) is 16.6 Å². The number of hydrogen-bond donors (Lipinski definition) is 2. The van der Waals surface area contributed by atoms with Crippen molar-refractivity contribution in [1.29, 1.82) is 0 Å². The van der Waals surface area contributed by atoms with Gasteiger partial charge >= 0.3 is 0 Å². The molecule has 0 aliphatic carbocycles. The van der Waals surface area contributed by atoms with Crippen molar-refractivity contribution in [3.05, 3.63) is 77.5 Å². The molecule has 188 valence electrons.